The van der Waals surface area contributed by atoms with Gasteiger partial charge in [0.15, 0.2) is 5.58 Å². The van der Waals surface area contributed by atoms with Gasteiger partial charge in [-0.15, -0.1) is 0 Å². The number of oxazole rings is 1. The number of nitriles is 1. The van der Waals surface area contributed by atoms with E-state index in [0.717, 1.165) is 18.7 Å². The maximum Gasteiger partial charge on any atom is 0.387 e. The number of fused-ring (bicyclic) bond motifs is 1. The lowest BCUT2D eigenvalue weighted by Crippen LogP contribution is -2.52. The molecular formula is C22H21F2N3O2. The average Bonchev–Trinajstić information content (AvgIpc) is 3.02. The van der Waals surface area contributed by atoms with Gasteiger partial charge in [-0.3, -0.25) is 4.90 Å². The second kappa shape index (κ2) is 7.12. The Hall–Kier alpha value is -2.98. The van der Waals surface area contributed by atoms with Crippen LogP contribution in [0.4, 0.5) is 8.78 Å². The molecule has 0 bridgehead atoms. The maximum absolute atomic E-state index is 13.0. The van der Waals surface area contributed by atoms with Crippen LogP contribution in [0.1, 0.15) is 30.5 Å². The number of halogens is 2. The molecule has 0 N–H and O–H groups in total. The molecule has 150 valence electrons. The molecule has 0 spiro atoms. The summed E-state index contributed by atoms with van der Waals surface area (Å²) in [5, 5.41) is 9.47. The summed E-state index contributed by atoms with van der Waals surface area (Å²) in [6.45, 7) is 5.52. The first-order chi connectivity index (χ1) is 13.8. The van der Waals surface area contributed by atoms with Crippen LogP contribution in [-0.2, 0) is 6.54 Å². The predicted octanol–water partition coefficient (Wildman–Crippen LogP) is 5.12. The molecule has 2 heterocycles. The first-order valence-corrected chi connectivity index (χ1v) is 9.36. The summed E-state index contributed by atoms with van der Waals surface area (Å²) < 4.78 is 36.5. The minimum Gasteiger partial charge on any atom is -0.436 e. The zero-order valence-electron chi connectivity index (χ0n) is 16.5. The smallest absolute Gasteiger partial charge is 0.387 e. The quantitative estimate of drug-likeness (QED) is 0.598. The van der Waals surface area contributed by atoms with Crippen molar-refractivity contribution >= 4 is 11.1 Å². The first kappa shape index (κ1) is 19.3. The van der Waals surface area contributed by atoms with E-state index in [9.17, 15) is 14.0 Å². The van der Waals surface area contributed by atoms with E-state index in [1.165, 1.54) is 6.07 Å². The summed E-state index contributed by atoms with van der Waals surface area (Å²) in [5.74, 6) is 0.370. The SMILES string of the molecule is Cc1cccc(-c2nc3cc(CN4CC(C)(C)C4)c(OC(F)F)cc3o2)c1C#N. The second-order valence-electron chi connectivity index (χ2n) is 8.24. The van der Waals surface area contributed by atoms with Gasteiger partial charge in [-0.1, -0.05) is 26.0 Å². The van der Waals surface area contributed by atoms with Crippen molar-refractivity contribution in [2.45, 2.75) is 33.9 Å². The van der Waals surface area contributed by atoms with E-state index in [-0.39, 0.29) is 17.1 Å². The highest BCUT2D eigenvalue weighted by atomic mass is 19.3. The van der Waals surface area contributed by atoms with Gasteiger partial charge >= 0.3 is 6.61 Å². The highest BCUT2D eigenvalue weighted by molar-refractivity contribution is 5.80. The third-order valence-electron chi connectivity index (χ3n) is 5.10. The van der Waals surface area contributed by atoms with Gasteiger partial charge in [-0.25, -0.2) is 4.98 Å². The number of alkyl halides is 2. The van der Waals surface area contributed by atoms with Crippen molar-refractivity contribution in [3.8, 4) is 23.3 Å². The number of aromatic nitrogens is 1. The number of likely N-dealkylation sites (tertiary alicyclic amines) is 1. The van der Waals surface area contributed by atoms with Gasteiger partial charge < -0.3 is 9.15 Å². The molecule has 5 nitrogen and oxygen atoms in total. The lowest BCUT2D eigenvalue weighted by Gasteiger charge is -2.46. The summed E-state index contributed by atoms with van der Waals surface area (Å²) in [6.07, 6.45) is 0. The Kier molecular flexibility index (Phi) is 4.75. The number of ether oxygens (including phenoxy) is 1. The summed E-state index contributed by atoms with van der Waals surface area (Å²) in [4.78, 5) is 6.69. The van der Waals surface area contributed by atoms with Gasteiger partial charge in [-0.2, -0.15) is 14.0 Å². The summed E-state index contributed by atoms with van der Waals surface area (Å²) in [5.41, 5.74) is 3.62. The van der Waals surface area contributed by atoms with Crippen molar-refractivity contribution in [2.75, 3.05) is 13.1 Å². The van der Waals surface area contributed by atoms with E-state index in [0.29, 0.717) is 34.3 Å². The normalized spacial score (nSPS) is 16.0. The Morgan fingerprint density at radius 1 is 1.31 bits per heavy atom. The number of rotatable bonds is 5. The van der Waals surface area contributed by atoms with Gasteiger partial charge in [0.05, 0.1) is 11.1 Å². The second-order valence-corrected chi connectivity index (χ2v) is 8.24. The Morgan fingerprint density at radius 2 is 2.07 bits per heavy atom. The van der Waals surface area contributed by atoms with E-state index in [1.807, 2.05) is 19.1 Å². The number of hydrogen-bond donors (Lipinski definition) is 0. The van der Waals surface area contributed by atoms with Crippen molar-refractivity contribution in [3.05, 3.63) is 47.0 Å². The van der Waals surface area contributed by atoms with Gasteiger partial charge in [0.2, 0.25) is 5.89 Å². The minimum absolute atomic E-state index is 0.0876. The lowest BCUT2D eigenvalue weighted by molar-refractivity contribution is -0.0516. The molecule has 1 aliphatic heterocycles. The molecule has 1 aromatic heterocycles. The van der Waals surface area contributed by atoms with Crippen LogP contribution in [0.5, 0.6) is 5.75 Å². The Morgan fingerprint density at radius 3 is 2.72 bits per heavy atom. The summed E-state index contributed by atoms with van der Waals surface area (Å²) in [6, 6.07) is 10.8. The lowest BCUT2D eigenvalue weighted by atomic mass is 9.84. The van der Waals surface area contributed by atoms with E-state index >= 15 is 0 Å². The first-order valence-electron chi connectivity index (χ1n) is 9.36. The third-order valence-corrected chi connectivity index (χ3v) is 5.10. The van der Waals surface area contributed by atoms with Gasteiger partial charge in [0, 0.05) is 31.3 Å². The molecule has 0 amide bonds. The largest absolute Gasteiger partial charge is 0.436 e. The van der Waals surface area contributed by atoms with Crippen LogP contribution in [0, 0.1) is 23.7 Å². The van der Waals surface area contributed by atoms with Crippen LogP contribution in [0.25, 0.3) is 22.6 Å². The monoisotopic (exact) mass is 397 g/mol. The van der Waals surface area contributed by atoms with Crippen molar-refractivity contribution in [3.63, 3.8) is 0 Å². The Balaban J connectivity index is 1.75. The highest BCUT2D eigenvalue weighted by Gasteiger charge is 2.34. The molecule has 7 heteroatoms. The fourth-order valence-corrected chi connectivity index (χ4v) is 3.95. The van der Waals surface area contributed by atoms with Crippen molar-refractivity contribution in [2.24, 2.45) is 5.41 Å². The fraction of sp³-hybridized carbons (Fsp3) is 0.364. The molecule has 0 aliphatic carbocycles. The van der Waals surface area contributed by atoms with Crippen LogP contribution in [0.15, 0.2) is 34.7 Å². The molecule has 0 saturated carbocycles. The van der Waals surface area contributed by atoms with Crippen LogP contribution >= 0.6 is 0 Å². The number of nitrogens with zero attached hydrogens (tertiary/aromatic N) is 3. The number of aryl methyl sites for hydroxylation is 1. The van der Waals surface area contributed by atoms with Gasteiger partial charge in [0.25, 0.3) is 0 Å². The van der Waals surface area contributed by atoms with Crippen molar-refractivity contribution < 1.29 is 17.9 Å². The molecule has 0 unspecified atom stereocenters. The molecule has 2 aromatic carbocycles. The molecule has 0 radical (unpaired) electrons. The van der Waals surface area contributed by atoms with Gasteiger partial charge in [-0.05, 0) is 30.0 Å². The van der Waals surface area contributed by atoms with E-state index in [4.69, 9.17) is 9.15 Å². The molecule has 1 aliphatic rings. The van der Waals surface area contributed by atoms with E-state index in [1.54, 1.807) is 12.1 Å². The van der Waals surface area contributed by atoms with Crippen LogP contribution in [-0.4, -0.2) is 29.6 Å². The fourth-order valence-electron chi connectivity index (χ4n) is 3.95. The number of benzene rings is 2. The molecule has 29 heavy (non-hydrogen) atoms. The van der Waals surface area contributed by atoms with Crippen molar-refractivity contribution in [1.29, 1.82) is 5.26 Å². The molecule has 1 fully saturated rings. The molecular weight excluding hydrogens is 376 g/mol. The topological polar surface area (TPSA) is 62.3 Å². The maximum atomic E-state index is 13.0. The van der Waals surface area contributed by atoms with E-state index < -0.39 is 6.61 Å². The predicted molar refractivity (Wildman–Crippen MR) is 105 cm³/mol. The van der Waals surface area contributed by atoms with Crippen molar-refractivity contribution in [1.82, 2.24) is 9.88 Å². The zero-order chi connectivity index (χ0) is 20.8. The Labute approximate surface area is 167 Å². The minimum atomic E-state index is -2.93. The molecule has 3 aromatic rings. The van der Waals surface area contributed by atoms with E-state index in [2.05, 4.69) is 29.8 Å². The van der Waals surface area contributed by atoms with Gasteiger partial charge in [0.1, 0.15) is 17.3 Å². The molecule has 1 saturated heterocycles. The average molecular weight is 397 g/mol. The molecule has 4 rings (SSSR count). The third kappa shape index (κ3) is 3.81. The summed E-state index contributed by atoms with van der Waals surface area (Å²) in [7, 11) is 0. The molecule has 0 atom stereocenters. The van der Waals surface area contributed by atoms with Crippen LogP contribution in [0.3, 0.4) is 0 Å². The standard InChI is InChI=1S/C22H21F2N3O2/c1-13-5-4-6-15(16(13)9-25)20-26-17-7-14(10-27-11-22(2,3)12-27)18(29-21(23)24)8-19(17)28-20/h4-8,21H,10-12H2,1-3H3. The van der Waals surface area contributed by atoms with Crippen LogP contribution in [0.2, 0.25) is 0 Å². The Bertz CT molecular complexity index is 1110. The highest BCUT2D eigenvalue weighted by Crippen LogP contribution is 2.36. The number of hydrogen-bond acceptors (Lipinski definition) is 5. The summed E-state index contributed by atoms with van der Waals surface area (Å²) >= 11 is 0. The zero-order valence-corrected chi connectivity index (χ0v) is 16.5. The van der Waals surface area contributed by atoms with Crippen LogP contribution < -0.4 is 4.74 Å².